The average molecular weight is 276 g/mol. The van der Waals surface area contributed by atoms with E-state index in [9.17, 15) is 13.2 Å². The Hall–Kier alpha value is -0.620. The normalized spacial score (nSPS) is 20.4. The molecule has 1 fully saturated rings. The van der Waals surface area contributed by atoms with Crippen molar-refractivity contribution in [3.63, 3.8) is 0 Å². The lowest BCUT2D eigenvalue weighted by Crippen LogP contribution is -2.51. The fraction of sp³-hybridized carbons (Fsp3) is 0.917. The Balaban J connectivity index is 2.61. The molecular weight excluding hydrogens is 252 g/mol. The largest absolute Gasteiger partial charge is 0.354 e. The van der Waals surface area contributed by atoms with E-state index in [-0.39, 0.29) is 5.41 Å². The third kappa shape index (κ3) is 3.45. The van der Waals surface area contributed by atoms with Gasteiger partial charge in [0, 0.05) is 12.8 Å². The van der Waals surface area contributed by atoms with Crippen LogP contribution in [0.25, 0.3) is 0 Å². The summed E-state index contributed by atoms with van der Waals surface area (Å²) in [7, 11) is -3.40. The van der Waals surface area contributed by atoms with Crippen LogP contribution in [0.1, 0.15) is 33.6 Å². The van der Waals surface area contributed by atoms with Gasteiger partial charge in [-0.2, -0.15) is 0 Å². The maximum Gasteiger partial charge on any atom is 0.240 e. The molecule has 18 heavy (non-hydrogen) atoms. The van der Waals surface area contributed by atoms with Gasteiger partial charge < -0.3 is 10.6 Å². The van der Waals surface area contributed by atoms with E-state index in [1.54, 1.807) is 0 Å². The maximum absolute atomic E-state index is 12.0. The third-order valence-electron chi connectivity index (χ3n) is 3.96. The van der Waals surface area contributed by atoms with Crippen LogP contribution in [-0.4, -0.2) is 45.0 Å². The Morgan fingerprint density at radius 2 is 1.83 bits per heavy atom. The highest BCUT2D eigenvalue weighted by atomic mass is 32.2. The second-order valence-electron chi connectivity index (χ2n) is 6.03. The highest BCUT2D eigenvalue weighted by Gasteiger charge is 2.39. The monoisotopic (exact) mass is 276 g/mol. The van der Waals surface area contributed by atoms with Gasteiger partial charge in [-0.3, -0.25) is 4.79 Å². The van der Waals surface area contributed by atoms with Gasteiger partial charge in [-0.25, -0.2) is 8.42 Å². The van der Waals surface area contributed by atoms with Gasteiger partial charge in [0.05, 0.1) is 0 Å². The van der Waals surface area contributed by atoms with E-state index < -0.39 is 20.5 Å². The predicted molar refractivity (Wildman–Crippen MR) is 72.1 cm³/mol. The molecule has 1 saturated heterocycles. The van der Waals surface area contributed by atoms with Crippen molar-refractivity contribution in [2.75, 3.05) is 25.9 Å². The summed E-state index contributed by atoms with van der Waals surface area (Å²) in [6, 6.07) is 0. The van der Waals surface area contributed by atoms with Crippen LogP contribution in [0.3, 0.4) is 0 Å². The summed E-state index contributed by atoms with van der Waals surface area (Å²) in [5, 5.41) is 6.07. The van der Waals surface area contributed by atoms with Gasteiger partial charge in [-0.1, -0.05) is 6.92 Å². The quantitative estimate of drug-likeness (QED) is 0.775. The van der Waals surface area contributed by atoms with E-state index in [2.05, 4.69) is 17.6 Å². The minimum atomic E-state index is -3.40. The molecule has 2 N–H and O–H groups in total. The van der Waals surface area contributed by atoms with Crippen molar-refractivity contribution >= 4 is 15.7 Å². The van der Waals surface area contributed by atoms with Crippen LogP contribution < -0.4 is 10.6 Å². The van der Waals surface area contributed by atoms with Crippen molar-refractivity contribution in [2.24, 2.45) is 5.41 Å². The summed E-state index contributed by atoms with van der Waals surface area (Å²) in [5.74, 6) is -0.412. The molecule has 6 heteroatoms. The lowest BCUT2D eigenvalue weighted by Gasteiger charge is -2.35. The van der Waals surface area contributed by atoms with E-state index in [0.29, 0.717) is 6.54 Å². The van der Waals surface area contributed by atoms with Gasteiger partial charge in [-0.05, 0) is 45.2 Å². The minimum absolute atomic E-state index is 0.0640. The first-order valence-corrected chi connectivity index (χ1v) is 8.16. The fourth-order valence-electron chi connectivity index (χ4n) is 1.88. The number of sulfone groups is 1. The molecule has 0 aliphatic carbocycles. The Labute approximate surface area is 110 Å². The first-order chi connectivity index (χ1) is 8.08. The third-order valence-corrected chi connectivity index (χ3v) is 6.00. The molecule has 0 unspecified atom stereocenters. The molecule has 1 amide bonds. The summed E-state index contributed by atoms with van der Waals surface area (Å²) < 4.78 is 21.7. The second-order valence-corrected chi connectivity index (χ2v) is 8.59. The van der Waals surface area contributed by atoms with Crippen molar-refractivity contribution < 1.29 is 13.2 Å². The van der Waals surface area contributed by atoms with Crippen LogP contribution in [0.4, 0.5) is 0 Å². The average Bonchev–Trinajstić information content (AvgIpc) is 2.25. The molecular formula is C12H24N2O3S. The summed E-state index contributed by atoms with van der Waals surface area (Å²) in [6.45, 7) is 7.45. The summed E-state index contributed by atoms with van der Waals surface area (Å²) in [5.41, 5.74) is 0.0640. The van der Waals surface area contributed by atoms with Crippen LogP contribution in [0, 0.1) is 5.41 Å². The van der Waals surface area contributed by atoms with Crippen LogP contribution >= 0.6 is 0 Å². The smallest absolute Gasteiger partial charge is 0.240 e. The highest BCUT2D eigenvalue weighted by molar-refractivity contribution is 7.92. The molecule has 0 aromatic carbocycles. The van der Waals surface area contributed by atoms with E-state index in [0.717, 1.165) is 32.2 Å². The van der Waals surface area contributed by atoms with Crippen molar-refractivity contribution in [1.29, 1.82) is 0 Å². The standard InChI is InChI=1S/C12H24N2O3S/c1-11(2,18(4,16)17)10(15)14-9-12(3)5-7-13-8-6-12/h13H,5-9H2,1-4H3,(H,14,15). The van der Waals surface area contributed by atoms with E-state index in [1.807, 2.05) is 0 Å². The van der Waals surface area contributed by atoms with E-state index in [1.165, 1.54) is 13.8 Å². The molecule has 106 valence electrons. The van der Waals surface area contributed by atoms with Gasteiger partial charge in [0.1, 0.15) is 4.75 Å². The zero-order valence-corrected chi connectivity index (χ0v) is 12.5. The fourth-order valence-corrected chi connectivity index (χ4v) is 2.29. The number of amides is 1. The number of hydrogen-bond donors (Lipinski definition) is 2. The Morgan fingerprint density at radius 1 is 1.33 bits per heavy atom. The number of nitrogens with one attached hydrogen (secondary N) is 2. The lowest BCUT2D eigenvalue weighted by molar-refractivity contribution is -0.123. The van der Waals surface area contributed by atoms with Crippen molar-refractivity contribution in [3.8, 4) is 0 Å². The molecule has 1 aliphatic rings. The number of carbonyl (C=O) groups excluding carboxylic acids is 1. The molecule has 0 aromatic rings. The first-order valence-electron chi connectivity index (χ1n) is 6.27. The highest BCUT2D eigenvalue weighted by Crippen LogP contribution is 2.27. The molecule has 1 heterocycles. The van der Waals surface area contributed by atoms with E-state index >= 15 is 0 Å². The van der Waals surface area contributed by atoms with Crippen LogP contribution in [0.2, 0.25) is 0 Å². The van der Waals surface area contributed by atoms with Crippen molar-refractivity contribution in [3.05, 3.63) is 0 Å². The predicted octanol–water partition coefficient (Wildman–Crippen LogP) is 0.316. The number of carbonyl (C=O) groups is 1. The van der Waals surface area contributed by atoms with Crippen molar-refractivity contribution in [1.82, 2.24) is 10.6 Å². The SMILES string of the molecule is CC1(CNC(=O)C(C)(C)S(C)(=O)=O)CCNCC1. The van der Waals surface area contributed by atoms with Crippen LogP contribution in [0.15, 0.2) is 0 Å². The zero-order valence-electron chi connectivity index (χ0n) is 11.7. The molecule has 0 atom stereocenters. The summed E-state index contributed by atoms with van der Waals surface area (Å²) >= 11 is 0. The van der Waals surface area contributed by atoms with Gasteiger partial charge in [0.25, 0.3) is 0 Å². The number of rotatable bonds is 4. The van der Waals surface area contributed by atoms with Gasteiger partial charge in [0.2, 0.25) is 5.91 Å². The molecule has 0 spiro atoms. The van der Waals surface area contributed by atoms with Gasteiger partial charge in [-0.15, -0.1) is 0 Å². The Kier molecular flexibility index (Phi) is 4.43. The zero-order chi connectivity index (χ0) is 14.0. The number of hydrogen-bond acceptors (Lipinski definition) is 4. The summed E-state index contributed by atoms with van der Waals surface area (Å²) in [6.07, 6.45) is 3.08. The minimum Gasteiger partial charge on any atom is -0.354 e. The number of piperidine rings is 1. The summed E-state index contributed by atoms with van der Waals surface area (Å²) in [4.78, 5) is 12.0. The lowest BCUT2D eigenvalue weighted by atomic mass is 9.81. The second kappa shape index (κ2) is 5.17. The molecule has 0 bridgehead atoms. The van der Waals surface area contributed by atoms with Gasteiger partial charge >= 0.3 is 0 Å². The van der Waals surface area contributed by atoms with E-state index in [4.69, 9.17) is 0 Å². The van der Waals surface area contributed by atoms with Crippen molar-refractivity contribution in [2.45, 2.75) is 38.4 Å². The molecule has 1 rings (SSSR count). The molecule has 5 nitrogen and oxygen atoms in total. The molecule has 1 aliphatic heterocycles. The van der Waals surface area contributed by atoms with Crippen LogP contribution in [0.5, 0.6) is 0 Å². The van der Waals surface area contributed by atoms with Gasteiger partial charge in [0.15, 0.2) is 9.84 Å². The first kappa shape index (κ1) is 15.4. The van der Waals surface area contributed by atoms with Crippen LogP contribution in [-0.2, 0) is 14.6 Å². The Morgan fingerprint density at radius 3 is 2.28 bits per heavy atom. The molecule has 0 radical (unpaired) electrons. The maximum atomic E-state index is 12.0. The molecule has 0 saturated carbocycles. The molecule has 0 aromatic heterocycles. The Bertz CT molecular complexity index is 409. The topological polar surface area (TPSA) is 75.3 Å².